The molecule has 0 bridgehead atoms. The molecular formula is C16H16N2O4. The Labute approximate surface area is 127 Å². The fourth-order valence-electron chi connectivity index (χ4n) is 1.88. The molecule has 22 heavy (non-hydrogen) atoms. The Bertz CT molecular complexity index is 699. The molecule has 0 aromatic heterocycles. The summed E-state index contributed by atoms with van der Waals surface area (Å²) in [5, 5.41) is 2.58. The van der Waals surface area contributed by atoms with Crippen molar-refractivity contribution in [1.29, 1.82) is 0 Å². The van der Waals surface area contributed by atoms with Gasteiger partial charge in [0.2, 0.25) is 5.91 Å². The van der Waals surface area contributed by atoms with Gasteiger partial charge in [-0.05, 0) is 18.2 Å². The second-order valence-corrected chi connectivity index (χ2v) is 4.52. The van der Waals surface area contributed by atoms with Crippen LogP contribution in [0.25, 0.3) is 0 Å². The van der Waals surface area contributed by atoms with Gasteiger partial charge in [-0.15, -0.1) is 0 Å². The second-order valence-electron chi connectivity index (χ2n) is 4.52. The predicted octanol–water partition coefficient (Wildman–Crippen LogP) is 2.46. The lowest BCUT2D eigenvalue weighted by molar-refractivity contribution is -0.114. The Morgan fingerprint density at radius 2 is 1.82 bits per heavy atom. The number of esters is 1. The van der Waals surface area contributed by atoms with Crippen molar-refractivity contribution < 1.29 is 19.1 Å². The molecule has 0 spiro atoms. The van der Waals surface area contributed by atoms with Crippen molar-refractivity contribution >= 4 is 23.3 Å². The maximum Gasteiger partial charge on any atom is 0.345 e. The van der Waals surface area contributed by atoms with Crippen LogP contribution in [0.15, 0.2) is 42.5 Å². The number of benzene rings is 2. The van der Waals surface area contributed by atoms with E-state index in [2.05, 4.69) is 5.32 Å². The highest BCUT2D eigenvalue weighted by Crippen LogP contribution is 2.30. The predicted molar refractivity (Wildman–Crippen MR) is 83.1 cm³/mol. The quantitative estimate of drug-likeness (QED) is 0.514. The summed E-state index contributed by atoms with van der Waals surface area (Å²) in [7, 11) is 1.45. The summed E-state index contributed by atoms with van der Waals surface area (Å²) in [6.07, 6.45) is 0. The van der Waals surface area contributed by atoms with Crippen molar-refractivity contribution in [2.75, 3.05) is 18.2 Å². The van der Waals surface area contributed by atoms with Gasteiger partial charge in [-0.25, -0.2) is 4.79 Å². The number of amides is 1. The third-order valence-corrected chi connectivity index (χ3v) is 2.86. The second kappa shape index (κ2) is 6.62. The lowest BCUT2D eigenvalue weighted by Crippen LogP contribution is -2.14. The summed E-state index contributed by atoms with van der Waals surface area (Å²) >= 11 is 0. The van der Waals surface area contributed by atoms with Crippen LogP contribution in [0.1, 0.15) is 17.3 Å². The molecule has 0 unspecified atom stereocenters. The van der Waals surface area contributed by atoms with Gasteiger partial charge < -0.3 is 20.5 Å². The van der Waals surface area contributed by atoms with E-state index in [1.54, 1.807) is 24.3 Å². The number of hydrogen-bond acceptors (Lipinski definition) is 5. The maximum absolute atomic E-state index is 12.2. The van der Waals surface area contributed by atoms with Crippen molar-refractivity contribution in [2.24, 2.45) is 0 Å². The number of hydrogen-bond donors (Lipinski definition) is 2. The number of rotatable bonds is 4. The van der Waals surface area contributed by atoms with E-state index in [1.807, 2.05) is 6.07 Å². The zero-order valence-corrected chi connectivity index (χ0v) is 12.3. The Hall–Kier alpha value is -3.02. The number of nitrogens with two attached hydrogens (primary N) is 1. The summed E-state index contributed by atoms with van der Waals surface area (Å²) < 4.78 is 10.4. The summed E-state index contributed by atoms with van der Waals surface area (Å²) in [6, 6.07) is 11.5. The van der Waals surface area contributed by atoms with Crippen LogP contribution in [0.5, 0.6) is 11.5 Å². The molecule has 3 N–H and O–H groups in total. The minimum Gasteiger partial charge on any atom is -0.494 e. The number of methoxy groups -OCH3 is 1. The number of nitrogen functional groups attached to an aromatic ring is 1. The van der Waals surface area contributed by atoms with E-state index in [1.165, 1.54) is 26.2 Å². The van der Waals surface area contributed by atoms with E-state index in [0.717, 1.165) is 0 Å². The molecule has 0 fully saturated rings. The number of nitrogens with one attached hydrogen (secondary N) is 1. The molecule has 1 amide bonds. The molecule has 2 aromatic rings. The van der Waals surface area contributed by atoms with Crippen LogP contribution < -0.4 is 20.5 Å². The Morgan fingerprint density at radius 1 is 1.14 bits per heavy atom. The first-order valence-corrected chi connectivity index (χ1v) is 6.53. The lowest BCUT2D eigenvalue weighted by atomic mass is 10.1. The van der Waals surface area contributed by atoms with Crippen LogP contribution >= 0.6 is 0 Å². The minimum absolute atomic E-state index is 0.147. The third kappa shape index (κ3) is 3.54. The van der Waals surface area contributed by atoms with E-state index < -0.39 is 5.97 Å². The van der Waals surface area contributed by atoms with Gasteiger partial charge in [0.25, 0.3) is 0 Å². The number of carbonyl (C=O) groups excluding carboxylic acids is 2. The molecule has 0 aliphatic rings. The molecular weight excluding hydrogens is 284 g/mol. The lowest BCUT2D eigenvalue weighted by Gasteiger charge is -2.13. The molecule has 0 heterocycles. The van der Waals surface area contributed by atoms with E-state index >= 15 is 0 Å². The molecule has 114 valence electrons. The van der Waals surface area contributed by atoms with Gasteiger partial charge in [0.05, 0.1) is 18.4 Å². The van der Waals surface area contributed by atoms with E-state index in [9.17, 15) is 9.59 Å². The standard InChI is InChI=1S/C16H16N2O4/c1-10(19)18-14-8-12(13(17)9-15(14)21-2)16(20)22-11-6-4-3-5-7-11/h3-9H,17H2,1-2H3,(H,18,19). The van der Waals surface area contributed by atoms with Crippen molar-refractivity contribution in [3.63, 3.8) is 0 Å². The van der Waals surface area contributed by atoms with Crippen LogP contribution in [0.3, 0.4) is 0 Å². The highest BCUT2D eigenvalue weighted by molar-refractivity contribution is 6.00. The van der Waals surface area contributed by atoms with Gasteiger partial charge in [-0.3, -0.25) is 4.79 Å². The first-order valence-electron chi connectivity index (χ1n) is 6.53. The third-order valence-electron chi connectivity index (χ3n) is 2.86. The van der Waals surface area contributed by atoms with Crippen molar-refractivity contribution in [3.8, 4) is 11.5 Å². The number of ether oxygens (including phenoxy) is 2. The zero-order chi connectivity index (χ0) is 16.1. The fraction of sp³-hybridized carbons (Fsp3) is 0.125. The van der Waals surface area contributed by atoms with Crippen LogP contribution in [0, 0.1) is 0 Å². The minimum atomic E-state index is -0.613. The normalized spacial score (nSPS) is 9.91. The van der Waals surface area contributed by atoms with Crippen LogP contribution in [-0.2, 0) is 4.79 Å². The van der Waals surface area contributed by atoms with Gasteiger partial charge in [-0.1, -0.05) is 18.2 Å². The SMILES string of the molecule is COc1cc(N)c(C(=O)Oc2ccccc2)cc1NC(C)=O. The number of carbonyl (C=O) groups is 2. The van der Waals surface area contributed by atoms with Crippen molar-refractivity contribution in [3.05, 3.63) is 48.0 Å². The monoisotopic (exact) mass is 300 g/mol. The van der Waals surface area contributed by atoms with E-state index in [0.29, 0.717) is 17.2 Å². The number of para-hydroxylation sites is 1. The topological polar surface area (TPSA) is 90.7 Å². The van der Waals surface area contributed by atoms with Crippen LogP contribution in [0.2, 0.25) is 0 Å². The molecule has 0 saturated heterocycles. The first-order chi connectivity index (χ1) is 10.5. The number of anilines is 2. The summed E-state index contributed by atoms with van der Waals surface area (Å²) in [5.74, 6) is -0.129. The Morgan fingerprint density at radius 3 is 2.41 bits per heavy atom. The fourth-order valence-corrected chi connectivity index (χ4v) is 1.88. The molecule has 0 radical (unpaired) electrons. The zero-order valence-electron chi connectivity index (χ0n) is 12.3. The molecule has 6 heteroatoms. The van der Waals surface area contributed by atoms with Crippen molar-refractivity contribution in [1.82, 2.24) is 0 Å². The van der Waals surface area contributed by atoms with Crippen LogP contribution in [0.4, 0.5) is 11.4 Å². The van der Waals surface area contributed by atoms with Gasteiger partial charge in [-0.2, -0.15) is 0 Å². The molecule has 0 saturated carbocycles. The summed E-state index contributed by atoms with van der Waals surface area (Å²) in [6.45, 7) is 1.36. The van der Waals surface area contributed by atoms with E-state index in [-0.39, 0.29) is 17.2 Å². The van der Waals surface area contributed by atoms with E-state index in [4.69, 9.17) is 15.2 Å². The summed E-state index contributed by atoms with van der Waals surface area (Å²) in [5.41, 5.74) is 6.56. The van der Waals surface area contributed by atoms with Gasteiger partial charge in [0.1, 0.15) is 11.5 Å². The van der Waals surface area contributed by atoms with Gasteiger partial charge in [0.15, 0.2) is 0 Å². The Balaban J connectivity index is 2.33. The van der Waals surface area contributed by atoms with Crippen LogP contribution in [-0.4, -0.2) is 19.0 Å². The first kappa shape index (κ1) is 15.4. The molecule has 2 rings (SSSR count). The highest BCUT2D eigenvalue weighted by atomic mass is 16.5. The smallest absolute Gasteiger partial charge is 0.345 e. The highest BCUT2D eigenvalue weighted by Gasteiger charge is 2.17. The largest absolute Gasteiger partial charge is 0.494 e. The molecule has 0 aliphatic carbocycles. The van der Waals surface area contributed by atoms with Gasteiger partial charge >= 0.3 is 5.97 Å². The molecule has 2 aromatic carbocycles. The average Bonchev–Trinajstić information content (AvgIpc) is 2.49. The molecule has 6 nitrogen and oxygen atoms in total. The average molecular weight is 300 g/mol. The van der Waals surface area contributed by atoms with Crippen molar-refractivity contribution in [2.45, 2.75) is 6.92 Å². The maximum atomic E-state index is 12.2. The van der Waals surface area contributed by atoms with Gasteiger partial charge in [0, 0.05) is 18.7 Å². The molecule has 0 atom stereocenters. The molecule has 0 aliphatic heterocycles. The summed E-state index contributed by atoms with van der Waals surface area (Å²) in [4.78, 5) is 23.4. The Kier molecular flexibility index (Phi) is 4.63.